The Morgan fingerprint density at radius 2 is 2.08 bits per heavy atom. The van der Waals surface area contributed by atoms with Crippen LogP contribution >= 0.6 is 15.9 Å². The van der Waals surface area contributed by atoms with Gasteiger partial charge in [-0.3, -0.25) is 4.98 Å². The van der Waals surface area contributed by atoms with Crippen molar-refractivity contribution in [2.75, 3.05) is 0 Å². The number of fused-ring (bicyclic) bond motifs is 1. The van der Waals surface area contributed by atoms with Gasteiger partial charge in [-0.1, -0.05) is 22.0 Å². The van der Waals surface area contributed by atoms with Gasteiger partial charge in [-0.15, -0.1) is 0 Å². The lowest BCUT2D eigenvalue weighted by molar-refractivity contribution is 0.665. The molecule has 1 aliphatic rings. The molecule has 0 fully saturated rings. The van der Waals surface area contributed by atoms with Crippen LogP contribution in [0.3, 0.4) is 0 Å². The summed E-state index contributed by atoms with van der Waals surface area (Å²) < 4.78 is 0. The van der Waals surface area contributed by atoms with E-state index in [1.165, 1.54) is 36.9 Å². The Labute approximate surface area is 81.3 Å². The van der Waals surface area contributed by atoms with E-state index in [-0.39, 0.29) is 0 Å². The van der Waals surface area contributed by atoms with Crippen molar-refractivity contribution in [3.05, 3.63) is 29.1 Å². The van der Waals surface area contributed by atoms with Crippen LogP contribution in [0.2, 0.25) is 0 Å². The Bertz CT molecular complexity index is 283. The number of nitrogens with zero attached hydrogens (tertiary/aromatic N) is 1. The zero-order valence-corrected chi connectivity index (χ0v) is 8.60. The molecule has 0 atom stereocenters. The molecule has 12 heavy (non-hydrogen) atoms. The lowest BCUT2D eigenvalue weighted by atomic mass is 9.96. The van der Waals surface area contributed by atoms with E-state index in [1.54, 1.807) is 0 Å². The van der Waals surface area contributed by atoms with E-state index in [0.717, 1.165) is 11.0 Å². The molecule has 64 valence electrons. The smallest absolute Gasteiger partial charge is 0.0512 e. The average molecular weight is 226 g/mol. The fraction of sp³-hybridized carbons (Fsp3) is 0.500. The van der Waals surface area contributed by atoms with E-state index in [0.29, 0.717) is 0 Å². The van der Waals surface area contributed by atoms with E-state index in [4.69, 9.17) is 0 Å². The van der Waals surface area contributed by atoms with Crippen molar-refractivity contribution < 1.29 is 0 Å². The fourth-order valence-corrected chi connectivity index (χ4v) is 2.01. The highest BCUT2D eigenvalue weighted by atomic mass is 79.9. The van der Waals surface area contributed by atoms with Crippen LogP contribution in [-0.2, 0) is 18.2 Å². The van der Waals surface area contributed by atoms with Gasteiger partial charge in [0.15, 0.2) is 0 Å². The van der Waals surface area contributed by atoms with Gasteiger partial charge in [0.1, 0.15) is 0 Å². The Morgan fingerprint density at radius 1 is 1.25 bits per heavy atom. The molecule has 0 unspecified atom stereocenters. The van der Waals surface area contributed by atoms with Gasteiger partial charge in [-0.2, -0.15) is 0 Å². The number of pyridine rings is 1. The first kappa shape index (κ1) is 8.24. The molecule has 1 nitrogen and oxygen atoms in total. The zero-order valence-electron chi connectivity index (χ0n) is 7.02. The van der Waals surface area contributed by atoms with Gasteiger partial charge >= 0.3 is 0 Å². The van der Waals surface area contributed by atoms with Gasteiger partial charge in [-0.25, -0.2) is 0 Å². The van der Waals surface area contributed by atoms with Crippen LogP contribution in [0.15, 0.2) is 12.1 Å². The number of rotatable bonds is 1. The molecule has 0 saturated carbocycles. The molecule has 2 heteroatoms. The summed E-state index contributed by atoms with van der Waals surface area (Å²) in [6, 6.07) is 4.36. The number of aromatic nitrogens is 1. The second-order valence-electron chi connectivity index (χ2n) is 3.25. The lowest BCUT2D eigenvalue weighted by Gasteiger charge is -2.14. The number of aryl methyl sites for hydroxylation is 2. The maximum Gasteiger partial charge on any atom is 0.0512 e. The van der Waals surface area contributed by atoms with Crippen LogP contribution in [0.5, 0.6) is 0 Å². The molecule has 1 aliphatic carbocycles. The highest BCUT2D eigenvalue weighted by Gasteiger charge is 2.09. The van der Waals surface area contributed by atoms with Crippen LogP contribution in [0.1, 0.15) is 29.8 Å². The molecule has 0 aromatic carbocycles. The van der Waals surface area contributed by atoms with Crippen molar-refractivity contribution >= 4 is 15.9 Å². The van der Waals surface area contributed by atoms with E-state index in [9.17, 15) is 0 Å². The Balaban J connectivity index is 2.36. The van der Waals surface area contributed by atoms with E-state index in [1.807, 2.05) is 0 Å². The van der Waals surface area contributed by atoms with Gasteiger partial charge < -0.3 is 0 Å². The third-order valence-electron chi connectivity index (χ3n) is 2.37. The monoisotopic (exact) mass is 225 g/mol. The van der Waals surface area contributed by atoms with Crippen molar-refractivity contribution in [1.29, 1.82) is 0 Å². The molecule has 1 aromatic rings. The molecule has 0 amide bonds. The quantitative estimate of drug-likeness (QED) is 0.671. The minimum Gasteiger partial charge on any atom is -0.257 e. The third kappa shape index (κ3) is 1.53. The SMILES string of the molecule is BrCc1ccc2c(n1)CCCC2. The predicted molar refractivity (Wildman–Crippen MR) is 53.5 cm³/mol. The van der Waals surface area contributed by atoms with E-state index >= 15 is 0 Å². The molecule has 2 rings (SSSR count). The standard InChI is InChI=1S/C10H12BrN/c11-7-9-6-5-8-3-1-2-4-10(8)12-9/h5-6H,1-4,7H2. The highest BCUT2D eigenvalue weighted by molar-refractivity contribution is 9.08. The summed E-state index contributed by atoms with van der Waals surface area (Å²) >= 11 is 3.42. The predicted octanol–water partition coefficient (Wildman–Crippen LogP) is 2.86. The Morgan fingerprint density at radius 3 is 2.92 bits per heavy atom. The first-order valence-electron chi connectivity index (χ1n) is 4.44. The molecule has 0 bridgehead atoms. The maximum atomic E-state index is 4.58. The summed E-state index contributed by atoms with van der Waals surface area (Å²) in [7, 11) is 0. The molecule has 0 saturated heterocycles. The first-order valence-corrected chi connectivity index (χ1v) is 5.56. The van der Waals surface area contributed by atoms with E-state index in [2.05, 4.69) is 33.0 Å². The van der Waals surface area contributed by atoms with Crippen molar-refractivity contribution in [3.63, 3.8) is 0 Å². The molecular formula is C10H12BrN. The number of hydrogen-bond donors (Lipinski definition) is 0. The average Bonchev–Trinajstić information content (AvgIpc) is 2.17. The van der Waals surface area contributed by atoms with Gasteiger partial charge in [0.25, 0.3) is 0 Å². The molecule has 0 aliphatic heterocycles. The highest BCUT2D eigenvalue weighted by Crippen LogP contribution is 2.19. The van der Waals surface area contributed by atoms with Crippen LogP contribution in [0.4, 0.5) is 0 Å². The summed E-state index contributed by atoms with van der Waals surface area (Å²) in [6.07, 6.45) is 5.05. The third-order valence-corrected chi connectivity index (χ3v) is 2.95. The van der Waals surface area contributed by atoms with Crippen LogP contribution in [-0.4, -0.2) is 4.98 Å². The van der Waals surface area contributed by atoms with Crippen molar-refractivity contribution in [2.45, 2.75) is 31.0 Å². The molecule has 0 N–H and O–H groups in total. The van der Waals surface area contributed by atoms with Gasteiger partial charge in [0.05, 0.1) is 5.69 Å². The summed E-state index contributed by atoms with van der Waals surface area (Å²) in [5, 5.41) is 0.875. The normalized spacial score (nSPS) is 15.8. The number of hydrogen-bond acceptors (Lipinski definition) is 1. The summed E-state index contributed by atoms with van der Waals surface area (Å²) in [5.74, 6) is 0. The Hall–Kier alpha value is -0.370. The summed E-state index contributed by atoms with van der Waals surface area (Å²) in [6.45, 7) is 0. The van der Waals surface area contributed by atoms with Crippen molar-refractivity contribution in [3.8, 4) is 0 Å². The van der Waals surface area contributed by atoms with Gasteiger partial charge in [-0.05, 0) is 37.3 Å². The van der Waals surface area contributed by atoms with Crippen LogP contribution < -0.4 is 0 Å². The van der Waals surface area contributed by atoms with Gasteiger partial charge in [0.2, 0.25) is 0 Å². The van der Waals surface area contributed by atoms with E-state index < -0.39 is 0 Å². The topological polar surface area (TPSA) is 12.9 Å². The van der Waals surface area contributed by atoms with Gasteiger partial charge in [0, 0.05) is 11.0 Å². The number of alkyl halides is 1. The second-order valence-corrected chi connectivity index (χ2v) is 3.81. The fourth-order valence-electron chi connectivity index (χ4n) is 1.70. The minimum atomic E-state index is 0.875. The molecule has 0 radical (unpaired) electrons. The summed E-state index contributed by atoms with van der Waals surface area (Å²) in [5.41, 5.74) is 3.96. The number of halogens is 1. The zero-order chi connectivity index (χ0) is 8.39. The minimum absolute atomic E-state index is 0.875. The lowest BCUT2D eigenvalue weighted by Crippen LogP contribution is -2.06. The van der Waals surface area contributed by atoms with Crippen molar-refractivity contribution in [1.82, 2.24) is 4.98 Å². The largest absolute Gasteiger partial charge is 0.257 e. The van der Waals surface area contributed by atoms with Crippen LogP contribution in [0.25, 0.3) is 0 Å². The molecule has 0 spiro atoms. The molecule has 1 heterocycles. The second kappa shape index (κ2) is 3.56. The van der Waals surface area contributed by atoms with Crippen LogP contribution in [0, 0.1) is 0 Å². The Kier molecular flexibility index (Phi) is 2.45. The molecular weight excluding hydrogens is 214 g/mol. The maximum absolute atomic E-state index is 4.58. The molecule has 1 aromatic heterocycles. The summed E-state index contributed by atoms with van der Waals surface area (Å²) in [4.78, 5) is 4.58. The first-order chi connectivity index (χ1) is 5.90. The van der Waals surface area contributed by atoms with Crippen molar-refractivity contribution in [2.24, 2.45) is 0 Å².